The summed E-state index contributed by atoms with van der Waals surface area (Å²) in [5.74, 6) is 0. The van der Waals surface area contributed by atoms with Gasteiger partial charge >= 0.3 is 0 Å². The van der Waals surface area contributed by atoms with Gasteiger partial charge in [0.25, 0.3) is 0 Å². The molecular formula is C14H28O2Si4. The lowest BCUT2D eigenvalue weighted by Gasteiger charge is -2.25. The lowest BCUT2D eigenvalue weighted by molar-refractivity contribution is 0.580. The van der Waals surface area contributed by atoms with Gasteiger partial charge in [0.15, 0.2) is 26.4 Å². The Bertz CT molecular complexity index is 424. The van der Waals surface area contributed by atoms with Crippen molar-refractivity contribution in [1.29, 1.82) is 0 Å². The topological polar surface area (TPSA) is 18.5 Å². The van der Waals surface area contributed by atoms with Gasteiger partial charge in [0.2, 0.25) is 0 Å². The number of rotatable bonds is 8. The van der Waals surface area contributed by atoms with E-state index >= 15 is 0 Å². The summed E-state index contributed by atoms with van der Waals surface area (Å²) in [5.41, 5.74) is 2.41. The molecule has 0 unspecified atom stereocenters. The van der Waals surface area contributed by atoms with Crippen LogP contribution >= 0.6 is 0 Å². The highest BCUT2D eigenvalue weighted by molar-refractivity contribution is 6.84. The zero-order valence-corrected chi connectivity index (χ0v) is 18.4. The summed E-state index contributed by atoms with van der Waals surface area (Å²) < 4.78 is 12.4. The van der Waals surface area contributed by atoms with E-state index in [-0.39, 0.29) is 0 Å². The molecule has 0 aliphatic rings. The quantitative estimate of drug-likeness (QED) is 0.675. The van der Waals surface area contributed by atoms with Crippen molar-refractivity contribution in [2.75, 3.05) is 0 Å². The van der Waals surface area contributed by atoms with E-state index in [9.17, 15) is 0 Å². The van der Waals surface area contributed by atoms with Crippen LogP contribution < -0.4 is 5.19 Å². The minimum atomic E-state index is -1.51. The molecule has 112 valence electrons. The van der Waals surface area contributed by atoms with Gasteiger partial charge < -0.3 is 8.23 Å². The summed E-state index contributed by atoms with van der Waals surface area (Å²) in [7, 11) is -3.83. The number of hydrogen-bond acceptors (Lipinski definition) is 2. The van der Waals surface area contributed by atoms with Crippen LogP contribution in [0.3, 0.4) is 0 Å². The van der Waals surface area contributed by atoms with Crippen LogP contribution in [-0.2, 0) is 8.23 Å². The second kappa shape index (κ2) is 7.67. The van der Waals surface area contributed by atoms with E-state index in [0.29, 0.717) is 0 Å². The summed E-state index contributed by atoms with van der Waals surface area (Å²) in [6.45, 7) is 15.3. The SMILES string of the molecule is C=Cc1ccc([SiH2]O[Si](C)(C)C[SiH2]O[Si](C)(C)C)cc1. The largest absolute Gasteiger partial charge is 0.461 e. The van der Waals surface area contributed by atoms with Crippen LogP contribution in [0.2, 0.25) is 38.4 Å². The molecule has 1 rings (SSSR count). The van der Waals surface area contributed by atoms with Crippen molar-refractivity contribution in [2.45, 2.75) is 38.4 Å². The van der Waals surface area contributed by atoms with Gasteiger partial charge in [-0.2, -0.15) is 0 Å². The third-order valence-corrected chi connectivity index (χ3v) is 17.5. The van der Waals surface area contributed by atoms with E-state index in [1.54, 1.807) is 0 Å². The van der Waals surface area contributed by atoms with Crippen molar-refractivity contribution in [1.82, 2.24) is 0 Å². The molecule has 0 heterocycles. The summed E-state index contributed by atoms with van der Waals surface area (Å²) >= 11 is 0. The van der Waals surface area contributed by atoms with Crippen LogP contribution in [0, 0.1) is 0 Å². The summed E-state index contributed by atoms with van der Waals surface area (Å²) in [6.07, 6.45) is 1.88. The molecule has 0 aromatic heterocycles. The fourth-order valence-corrected chi connectivity index (χ4v) is 12.0. The van der Waals surface area contributed by atoms with Crippen LogP contribution in [0.5, 0.6) is 0 Å². The Morgan fingerprint density at radius 3 is 2.15 bits per heavy atom. The fraction of sp³-hybridized carbons (Fsp3) is 0.429. The van der Waals surface area contributed by atoms with E-state index in [1.807, 2.05) is 6.08 Å². The lowest BCUT2D eigenvalue weighted by Crippen LogP contribution is -2.39. The van der Waals surface area contributed by atoms with Crippen LogP contribution in [0.4, 0.5) is 0 Å². The Kier molecular flexibility index (Phi) is 6.83. The molecule has 1 aromatic rings. The third kappa shape index (κ3) is 7.51. The Morgan fingerprint density at radius 2 is 1.65 bits per heavy atom. The molecule has 0 spiro atoms. The average Bonchev–Trinajstić information content (AvgIpc) is 2.35. The second-order valence-electron chi connectivity index (χ2n) is 6.70. The Morgan fingerprint density at radius 1 is 1.05 bits per heavy atom. The van der Waals surface area contributed by atoms with Gasteiger partial charge in [0.05, 0.1) is 0 Å². The molecule has 20 heavy (non-hydrogen) atoms. The summed E-state index contributed by atoms with van der Waals surface area (Å²) in [5, 5.41) is 1.38. The summed E-state index contributed by atoms with van der Waals surface area (Å²) in [4.78, 5) is 0. The number of hydrogen-bond donors (Lipinski definition) is 0. The van der Waals surface area contributed by atoms with Crippen LogP contribution in [0.15, 0.2) is 30.8 Å². The van der Waals surface area contributed by atoms with Gasteiger partial charge in [0.1, 0.15) is 9.76 Å². The van der Waals surface area contributed by atoms with Crippen LogP contribution in [0.25, 0.3) is 6.08 Å². The highest BCUT2D eigenvalue weighted by atomic mass is 28.4. The van der Waals surface area contributed by atoms with Gasteiger partial charge in [-0.05, 0) is 49.2 Å². The van der Waals surface area contributed by atoms with Gasteiger partial charge in [-0.3, -0.25) is 0 Å². The highest BCUT2D eigenvalue weighted by Gasteiger charge is 2.24. The Hall–Kier alpha value is -0.252. The first-order chi connectivity index (χ1) is 9.22. The minimum Gasteiger partial charge on any atom is -0.461 e. The molecule has 2 nitrogen and oxygen atoms in total. The maximum Gasteiger partial charge on any atom is 0.178 e. The molecule has 0 radical (unpaired) electrons. The Balaban J connectivity index is 2.39. The molecule has 0 aliphatic carbocycles. The normalized spacial score (nSPS) is 13.7. The van der Waals surface area contributed by atoms with Gasteiger partial charge in [-0.15, -0.1) is 0 Å². The van der Waals surface area contributed by atoms with Crippen molar-refractivity contribution >= 4 is 47.4 Å². The predicted octanol–water partition coefficient (Wildman–Crippen LogP) is 2.15. The molecule has 0 saturated heterocycles. The summed E-state index contributed by atoms with van der Waals surface area (Å²) in [6, 6.07) is 8.61. The van der Waals surface area contributed by atoms with Crippen LogP contribution in [-0.4, -0.2) is 36.2 Å². The van der Waals surface area contributed by atoms with Gasteiger partial charge in [0, 0.05) is 0 Å². The minimum absolute atomic E-state index is 0.400. The first-order valence-corrected chi connectivity index (χ1v) is 16.6. The first kappa shape index (κ1) is 17.8. The third-order valence-electron chi connectivity index (χ3n) is 3.08. The van der Waals surface area contributed by atoms with E-state index in [4.69, 9.17) is 8.23 Å². The smallest absolute Gasteiger partial charge is 0.178 e. The van der Waals surface area contributed by atoms with Crippen molar-refractivity contribution in [2.24, 2.45) is 0 Å². The molecule has 0 bridgehead atoms. The van der Waals surface area contributed by atoms with Crippen molar-refractivity contribution < 1.29 is 8.23 Å². The van der Waals surface area contributed by atoms with Gasteiger partial charge in [-0.1, -0.05) is 36.9 Å². The van der Waals surface area contributed by atoms with E-state index < -0.39 is 36.2 Å². The van der Waals surface area contributed by atoms with Crippen molar-refractivity contribution in [3.8, 4) is 0 Å². The lowest BCUT2D eigenvalue weighted by atomic mass is 10.2. The molecule has 0 fully saturated rings. The standard InChI is InChI=1S/C14H28O2Si4/c1-7-13-8-10-14(11-9-13)18-16-20(5,6)12-17-15-19(2,3)4/h7-11H,1,12,17-18H2,2-6H3. The second-order valence-corrected chi connectivity index (χ2v) is 20.3. The molecular weight excluding hydrogens is 312 g/mol. The molecule has 1 aromatic carbocycles. The molecule has 6 heteroatoms. The predicted molar refractivity (Wildman–Crippen MR) is 101 cm³/mol. The molecule has 0 N–H and O–H groups in total. The maximum atomic E-state index is 6.33. The van der Waals surface area contributed by atoms with Crippen molar-refractivity contribution in [3.05, 3.63) is 36.4 Å². The molecule has 0 amide bonds. The molecule has 0 atom stereocenters. The van der Waals surface area contributed by atoms with Gasteiger partial charge in [-0.25, -0.2) is 0 Å². The van der Waals surface area contributed by atoms with Crippen LogP contribution in [0.1, 0.15) is 5.56 Å². The average molecular weight is 341 g/mol. The Labute approximate surface area is 130 Å². The van der Waals surface area contributed by atoms with Crippen molar-refractivity contribution in [3.63, 3.8) is 0 Å². The molecule has 0 saturated carbocycles. The molecule has 0 aliphatic heterocycles. The fourth-order valence-electron chi connectivity index (χ4n) is 1.70. The first-order valence-electron chi connectivity index (χ1n) is 7.21. The van der Waals surface area contributed by atoms with E-state index in [2.05, 4.69) is 63.6 Å². The monoisotopic (exact) mass is 340 g/mol. The highest BCUT2D eigenvalue weighted by Crippen LogP contribution is 2.11. The van der Waals surface area contributed by atoms with E-state index in [0.717, 1.165) is 0 Å². The van der Waals surface area contributed by atoms with E-state index in [1.165, 1.54) is 16.4 Å². The maximum absolute atomic E-state index is 6.33. The zero-order valence-electron chi connectivity index (χ0n) is 13.5. The zero-order chi connectivity index (χ0) is 15.2. The number of benzene rings is 1.